The van der Waals surface area contributed by atoms with Crippen molar-refractivity contribution in [3.05, 3.63) is 48.6 Å². The van der Waals surface area contributed by atoms with Gasteiger partial charge in [-0.25, -0.2) is 68.5 Å². The number of carboxylic acid groups (broad SMARTS) is 2. The lowest BCUT2D eigenvalue weighted by Crippen LogP contribution is -1.98. The summed E-state index contributed by atoms with van der Waals surface area (Å²) in [6.45, 7) is 0. The van der Waals surface area contributed by atoms with Crippen LogP contribution < -0.4 is 0 Å². The molecular formula is C21H26AlCl3O16. The highest BCUT2D eigenvalue weighted by Gasteiger charge is 2.10. The number of rotatable bonds is 6. The Bertz CT molecular complexity index is 886. The van der Waals surface area contributed by atoms with E-state index in [9.17, 15) is 38.4 Å². The van der Waals surface area contributed by atoms with Gasteiger partial charge in [0.05, 0.1) is 28.4 Å². The van der Waals surface area contributed by atoms with Crippen molar-refractivity contribution < 1.29 is 77.4 Å². The zero-order valence-corrected chi connectivity index (χ0v) is 25.4. The number of carbonyl (C=O) groups is 8. The molecule has 16 nitrogen and oxygen atoms in total. The first-order valence-corrected chi connectivity index (χ1v) is 14.9. The number of aliphatic hydroxyl groups excluding tert-OH is 1. The molecule has 0 amide bonds. The van der Waals surface area contributed by atoms with Crippen molar-refractivity contribution in [1.82, 2.24) is 0 Å². The molecule has 230 valence electrons. The van der Waals surface area contributed by atoms with E-state index in [4.69, 9.17) is 45.5 Å². The number of aliphatic hydroxyl groups is 1. The van der Waals surface area contributed by atoms with Gasteiger partial charge >= 0.3 is 59.1 Å². The topological polar surface area (TPSA) is 243 Å². The number of carboxylic acids is 2. The van der Waals surface area contributed by atoms with Gasteiger partial charge in [0.1, 0.15) is 0 Å². The number of esters is 6. The molecule has 3 N–H and O–H groups in total. The molecule has 0 saturated heterocycles. The minimum absolute atomic E-state index is 0.578. The molecule has 1 aliphatic rings. The minimum atomic E-state index is -1.72. The predicted octanol–water partition coefficient (Wildman–Crippen LogP) is 0.411. The molecule has 0 unspecified atom stereocenters. The Balaban J connectivity index is -0.000000132. The van der Waals surface area contributed by atoms with Crippen LogP contribution in [-0.2, 0) is 62.0 Å². The van der Waals surface area contributed by atoms with Crippen LogP contribution in [0.3, 0.4) is 0 Å². The smallest absolute Gasteiger partial charge is 0.478 e. The number of hydrogen-bond acceptors (Lipinski definition) is 14. The molecule has 1 rings (SSSR count). The maximum Gasteiger partial charge on any atom is 0.643 e. The normalized spacial score (nSPS) is 10.3. The third-order valence-corrected chi connectivity index (χ3v) is 2.44. The van der Waals surface area contributed by atoms with E-state index < -0.39 is 59.1 Å². The summed E-state index contributed by atoms with van der Waals surface area (Å²) in [6.07, 6.45) is 7.25. The first-order valence-electron chi connectivity index (χ1n) is 9.68. The van der Waals surface area contributed by atoms with Crippen molar-refractivity contribution in [3.8, 4) is 0 Å². The van der Waals surface area contributed by atoms with E-state index in [2.05, 4.69) is 23.7 Å². The van der Waals surface area contributed by atoms with Crippen LogP contribution in [0.2, 0.25) is 0 Å². The van der Waals surface area contributed by atoms with Crippen LogP contribution in [0.4, 0.5) is 0 Å². The predicted molar refractivity (Wildman–Crippen MR) is 142 cm³/mol. The molecule has 0 aliphatic carbocycles. The Morgan fingerprint density at radius 2 is 0.805 bits per heavy atom. The zero-order valence-electron chi connectivity index (χ0n) is 22.0. The molecule has 20 heteroatoms. The average Bonchev–Trinajstić information content (AvgIpc) is 3.32. The molecular weight excluding hydrogens is 642 g/mol. The van der Waals surface area contributed by atoms with Gasteiger partial charge in [0.25, 0.3) is 0 Å². The number of cyclic esters (lactones) is 2. The van der Waals surface area contributed by atoms with Gasteiger partial charge in [0, 0.05) is 55.7 Å². The first kappa shape index (κ1) is 47.1. The summed E-state index contributed by atoms with van der Waals surface area (Å²) in [5, 5.41) is 22.9. The second kappa shape index (κ2) is 34.3. The summed E-state index contributed by atoms with van der Waals surface area (Å²) in [5.41, 5.74) is 0. The Morgan fingerprint density at radius 3 is 0.927 bits per heavy atom. The van der Waals surface area contributed by atoms with Gasteiger partial charge in [-0.1, -0.05) is 0 Å². The summed E-state index contributed by atoms with van der Waals surface area (Å²) in [4.78, 5) is 80.2. The largest absolute Gasteiger partial charge is 0.643 e. The van der Waals surface area contributed by atoms with Gasteiger partial charge in [-0.05, 0) is 0 Å². The van der Waals surface area contributed by atoms with E-state index in [1.807, 2.05) is 0 Å². The van der Waals surface area contributed by atoms with E-state index in [1.54, 1.807) is 0 Å². The summed E-state index contributed by atoms with van der Waals surface area (Å²) < 4.78 is 20.6. The van der Waals surface area contributed by atoms with Crippen molar-refractivity contribution in [2.24, 2.45) is 0 Å². The van der Waals surface area contributed by atoms with E-state index in [0.29, 0.717) is 12.2 Å². The molecule has 1 aliphatic heterocycles. The highest BCUT2D eigenvalue weighted by atomic mass is 35.8. The van der Waals surface area contributed by atoms with Crippen LogP contribution in [0.5, 0.6) is 0 Å². The number of aliphatic carboxylic acids is 2. The maximum atomic E-state index is 10.3. The third-order valence-electron chi connectivity index (χ3n) is 2.44. The molecule has 41 heavy (non-hydrogen) atoms. The van der Waals surface area contributed by atoms with Crippen LogP contribution in [0.15, 0.2) is 48.6 Å². The molecule has 0 bridgehead atoms. The molecule has 0 aromatic heterocycles. The lowest BCUT2D eigenvalue weighted by Gasteiger charge is -1.89. The molecule has 0 aromatic carbocycles. The van der Waals surface area contributed by atoms with E-state index in [1.165, 1.54) is 28.4 Å². The zero-order chi connectivity index (χ0) is 33.4. The summed E-state index contributed by atoms with van der Waals surface area (Å²) in [7, 11) is 20.6. The van der Waals surface area contributed by atoms with Gasteiger partial charge in [0.15, 0.2) is 0 Å². The third kappa shape index (κ3) is 53.3. The number of halogens is 3. The van der Waals surface area contributed by atoms with Gasteiger partial charge in [-0.3, -0.25) is 0 Å². The van der Waals surface area contributed by atoms with Crippen LogP contribution in [0.25, 0.3) is 0 Å². The van der Waals surface area contributed by atoms with Crippen molar-refractivity contribution in [2.75, 3.05) is 35.5 Å². The summed E-state index contributed by atoms with van der Waals surface area (Å²) in [6, 6.07) is 0. The Morgan fingerprint density at radius 1 is 0.610 bits per heavy atom. The van der Waals surface area contributed by atoms with Crippen LogP contribution >= 0.6 is 30.1 Å². The van der Waals surface area contributed by atoms with Crippen LogP contribution in [-0.4, -0.2) is 110 Å². The fourth-order valence-electron chi connectivity index (χ4n) is 0.990. The van der Waals surface area contributed by atoms with Crippen LogP contribution in [0, 0.1) is 0 Å². The van der Waals surface area contributed by atoms with Crippen molar-refractivity contribution in [1.29, 1.82) is 0 Å². The molecule has 0 spiro atoms. The monoisotopic (exact) mass is 666 g/mol. The standard InChI is InChI=1S/C6H8O4.2C5H6O4.C4H2O3.CH4O.Al.3ClH/c1-9-5(7)3-4-6(8)10-2;2*1-9-5(8)3-2-4(6)7;5-3-1-2-4(6)7-3;1-2;;;;/h3-4H,1-2H3;2*2-3H,1H3,(H,6,7);1-2H;2H,1H3;;3*1H/q;;;;;+3;;;/p-3/b4-3+;3-2+;3-2-;;;;;;. The Hall–Kier alpha value is -3.72. The number of ether oxygens (including phenoxy) is 5. The lowest BCUT2D eigenvalue weighted by molar-refractivity contribution is -0.150. The van der Waals surface area contributed by atoms with Crippen molar-refractivity contribution in [3.63, 3.8) is 0 Å². The SMILES string of the molecule is CO.COC(=O)/C=C/C(=O)O.COC(=O)/C=C/C(=O)OC.COC(=O)/C=C\C(=O)O.O=C1C=CC(=O)O1.[Cl][Al]([Cl])[Cl]. The van der Waals surface area contributed by atoms with Gasteiger partial charge in [-0.2, -0.15) is 0 Å². The number of methoxy groups -OCH3 is 4. The van der Waals surface area contributed by atoms with Gasteiger partial charge in [0.2, 0.25) is 0 Å². The van der Waals surface area contributed by atoms with Crippen LogP contribution in [0.1, 0.15) is 0 Å². The molecule has 1 heterocycles. The average molecular weight is 668 g/mol. The lowest BCUT2D eigenvalue weighted by atomic mass is 10.5. The van der Waals surface area contributed by atoms with E-state index in [-0.39, 0.29) is 0 Å². The fourth-order valence-corrected chi connectivity index (χ4v) is 0.990. The second-order valence-corrected chi connectivity index (χ2v) is 11.5. The molecule has 0 radical (unpaired) electrons. The highest BCUT2D eigenvalue weighted by molar-refractivity contribution is 7.54. The first-order chi connectivity index (χ1) is 19.0. The highest BCUT2D eigenvalue weighted by Crippen LogP contribution is 1.97. The fraction of sp³-hybridized carbons (Fsp3) is 0.238. The number of hydrogen-bond donors (Lipinski definition) is 3. The summed E-state index contributed by atoms with van der Waals surface area (Å²) in [5.74, 6) is -5.98. The second-order valence-electron chi connectivity index (χ2n) is 5.09. The molecule has 0 aromatic rings. The molecule has 0 saturated carbocycles. The van der Waals surface area contributed by atoms with Crippen molar-refractivity contribution in [2.45, 2.75) is 0 Å². The summed E-state index contributed by atoms with van der Waals surface area (Å²) >= 11 is -1.72. The van der Waals surface area contributed by atoms with Gasteiger partial charge < -0.3 is 39.0 Å². The molecule has 0 atom stereocenters. The van der Waals surface area contributed by atoms with Gasteiger partial charge in [-0.15, -0.1) is 0 Å². The quantitative estimate of drug-likeness (QED) is 0.114. The van der Waals surface area contributed by atoms with E-state index in [0.717, 1.165) is 43.6 Å². The minimum Gasteiger partial charge on any atom is -0.478 e. The number of carbonyl (C=O) groups excluding carboxylic acids is 6. The molecule has 0 fully saturated rings. The van der Waals surface area contributed by atoms with E-state index >= 15 is 0 Å². The Labute approximate surface area is 250 Å². The van der Waals surface area contributed by atoms with Crippen molar-refractivity contribution >= 4 is 89.3 Å². The Kier molecular flexibility index (Phi) is 39.4. The maximum absolute atomic E-state index is 10.3.